The number of thioether (sulfide) groups is 1. The van der Waals surface area contributed by atoms with Crippen LogP contribution >= 0.6 is 11.8 Å². The fourth-order valence-electron chi connectivity index (χ4n) is 1.62. The second kappa shape index (κ2) is 4.13. The van der Waals surface area contributed by atoms with E-state index in [1.165, 1.54) is 17.3 Å². The maximum atomic E-state index is 5.57. The summed E-state index contributed by atoms with van der Waals surface area (Å²) in [6.45, 7) is 6.72. The van der Waals surface area contributed by atoms with E-state index in [1.54, 1.807) is 0 Å². The summed E-state index contributed by atoms with van der Waals surface area (Å²) in [5.41, 5.74) is 3.36. The molecule has 0 aliphatic heterocycles. The van der Waals surface area contributed by atoms with Gasteiger partial charge in [-0.1, -0.05) is 38.6 Å². The Morgan fingerprint density at radius 1 is 1.38 bits per heavy atom. The lowest BCUT2D eigenvalue weighted by Crippen LogP contribution is -2.14. The number of fused-ring (bicyclic) bond motifs is 1. The zero-order chi connectivity index (χ0) is 11.8. The summed E-state index contributed by atoms with van der Waals surface area (Å²) in [5.74, 6) is 0. The highest BCUT2D eigenvalue weighted by Gasteiger charge is 2.19. The summed E-state index contributed by atoms with van der Waals surface area (Å²) in [5, 5.41) is 0.737. The predicted molar refractivity (Wildman–Crippen MR) is 69.1 cm³/mol. The number of hydrogen-bond donors (Lipinski definition) is 0. The number of aromatic nitrogens is 1. The van der Waals surface area contributed by atoms with Gasteiger partial charge in [-0.25, -0.2) is 4.98 Å². The molecule has 0 radical (unpaired) electrons. The Bertz CT molecular complexity index is 502. The van der Waals surface area contributed by atoms with Crippen molar-refractivity contribution in [2.45, 2.75) is 37.8 Å². The summed E-state index contributed by atoms with van der Waals surface area (Å²) in [6, 6.07) is 6.30. The summed E-state index contributed by atoms with van der Waals surface area (Å²) in [6.07, 6.45) is 3.09. The molecule has 0 aliphatic carbocycles. The largest absolute Gasteiger partial charge is 0.431 e. The Hall–Kier alpha value is -0.960. The molecular weight excluding hydrogens is 218 g/mol. The first-order valence-corrected chi connectivity index (χ1v) is 6.74. The zero-order valence-electron chi connectivity index (χ0n) is 10.2. The summed E-state index contributed by atoms with van der Waals surface area (Å²) in [7, 11) is 0. The highest BCUT2D eigenvalue weighted by atomic mass is 32.2. The maximum absolute atomic E-state index is 5.57. The van der Waals surface area contributed by atoms with Crippen molar-refractivity contribution in [1.82, 2.24) is 4.98 Å². The Morgan fingerprint density at radius 2 is 2.12 bits per heavy atom. The molecule has 2 rings (SSSR count). The van der Waals surface area contributed by atoms with Crippen LogP contribution in [0.1, 0.15) is 32.8 Å². The molecule has 0 aliphatic rings. The van der Waals surface area contributed by atoms with Crippen molar-refractivity contribution in [3.05, 3.63) is 23.8 Å². The second-order valence-corrected chi connectivity index (χ2v) is 5.36. The van der Waals surface area contributed by atoms with Gasteiger partial charge in [0, 0.05) is 0 Å². The van der Waals surface area contributed by atoms with Gasteiger partial charge >= 0.3 is 0 Å². The van der Waals surface area contributed by atoms with Crippen molar-refractivity contribution in [2.24, 2.45) is 0 Å². The van der Waals surface area contributed by atoms with Gasteiger partial charge in [0.25, 0.3) is 5.22 Å². The van der Waals surface area contributed by atoms with Gasteiger partial charge in [0.15, 0.2) is 5.58 Å². The molecule has 1 aromatic carbocycles. The van der Waals surface area contributed by atoms with Crippen molar-refractivity contribution in [1.29, 1.82) is 0 Å². The Kier molecular flexibility index (Phi) is 2.98. The molecule has 2 nitrogen and oxygen atoms in total. The molecule has 3 heteroatoms. The molecule has 0 N–H and O–H groups in total. The van der Waals surface area contributed by atoms with Crippen molar-refractivity contribution >= 4 is 22.9 Å². The lowest BCUT2D eigenvalue weighted by molar-refractivity contribution is 0.489. The SMILES string of the molecule is CCC(C)(C)c1ccc2oc(SC)nc2c1. The van der Waals surface area contributed by atoms with Crippen molar-refractivity contribution in [2.75, 3.05) is 6.26 Å². The van der Waals surface area contributed by atoms with E-state index in [-0.39, 0.29) is 5.41 Å². The second-order valence-electron chi connectivity index (χ2n) is 4.60. The summed E-state index contributed by atoms with van der Waals surface area (Å²) < 4.78 is 5.57. The minimum Gasteiger partial charge on any atom is -0.431 e. The molecule has 0 saturated heterocycles. The van der Waals surface area contributed by atoms with Crippen LogP contribution < -0.4 is 0 Å². The quantitative estimate of drug-likeness (QED) is 0.744. The predicted octanol–water partition coefficient (Wildman–Crippen LogP) is 4.24. The Labute approximate surface area is 100 Å². The monoisotopic (exact) mass is 235 g/mol. The number of hydrogen-bond acceptors (Lipinski definition) is 3. The number of nitrogens with zero attached hydrogens (tertiary/aromatic N) is 1. The smallest absolute Gasteiger partial charge is 0.256 e. The molecule has 0 saturated carbocycles. The van der Waals surface area contributed by atoms with Crippen molar-refractivity contribution in [3.63, 3.8) is 0 Å². The fourth-order valence-corrected chi connectivity index (χ4v) is 1.98. The third-order valence-corrected chi connectivity index (χ3v) is 3.73. The van der Waals surface area contributed by atoms with E-state index in [0.29, 0.717) is 0 Å². The van der Waals surface area contributed by atoms with Gasteiger partial charge in [-0.2, -0.15) is 0 Å². The maximum Gasteiger partial charge on any atom is 0.256 e. The Balaban J connectivity index is 2.51. The topological polar surface area (TPSA) is 26.0 Å². The third kappa shape index (κ3) is 1.96. The van der Waals surface area contributed by atoms with Crippen LogP contribution in [0, 0.1) is 0 Å². The van der Waals surface area contributed by atoms with Gasteiger partial charge in [-0.3, -0.25) is 0 Å². The van der Waals surface area contributed by atoms with Crippen molar-refractivity contribution in [3.8, 4) is 0 Å². The molecule has 0 fully saturated rings. The minimum atomic E-state index is 0.201. The number of rotatable bonds is 3. The average Bonchev–Trinajstić information content (AvgIpc) is 2.70. The van der Waals surface area contributed by atoms with Crippen LogP contribution in [0.25, 0.3) is 11.1 Å². The molecule has 86 valence electrons. The Morgan fingerprint density at radius 3 is 2.75 bits per heavy atom. The van der Waals surface area contributed by atoms with E-state index < -0.39 is 0 Å². The first-order valence-electron chi connectivity index (χ1n) is 5.52. The molecule has 0 amide bonds. The van der Waals surface area contributed by atoms with E-state index in [9.17, 15) is 0 Å². The van der Waals surface area contributed by atoms with Gasteiger partial charge in [-0.15, -0.1) is 0 Å². The van der Waals surface area contributed by atoms with Gasteiger partial charge in [-0.05, 0) is 35.8 Å². The zero-order valence-corrected chi connectivity index (χ0v) is 11.0. The van der Waals surface area contributed by atoms with E-state index >= 15 is 0 Å². The van der Waals surface area contributed by atoms with Crippen molar-refractivity contribution < 1.29 is 4.42 Å². The van der Waals surface area contributed by atoms with Crippen LogP contribution in [0.15, 0.2) is 27.8 Å². The fraction of sp³-hybridized carbons (Fsp3) is 0.462. The summed E-state index contributed by atoms with van der Waals surface area (Å²) >= 11 is 1.54. The van der Waals surface area contributed by atoms with Gasteiger partial charge < -0.3 is 4.42 Å². The number of oxazole rings is 1. The molecular formula is C13H17NOS. The first-order chi connectivity index (χ1) is 7.56. The highest BCUT2D eigenvalue weighted by Crippen LogP contribution is 2.30. The molecule has 0 bridgehead atoms. The van der Waals surface area contributed by atoms with E-state index in [4.69, 9.17) is 4.42 Å². The molecule has 1 heterocycles. The molecule has 16 heavy (non-hydrogen) atoms. The molecule has 1 aromatic heterocycles. The van der Waals surface area contributed by atoms with Crippen LogP contribution in [0.4, 0.5) is 0 Å². The number of benzene rings is 1. The lowest BCUT2D eigenvalue weighted by Gasteiger charge is -2.22. The van der Waals surface area contributed by atoms with Gasteiger partial charge in [0.1, 0.15) is 5.52 Å². The van der Waals surface area contributed by atoms with Crippen LogP contribution in [0.5, 0.6) is 0 Å². The first kappa shape index (κ1) is 11.5. The normalized spacial score (nSPS) is 12.2. The van der Waals surface area contributed by atoms with Crippen LogP contribution in [-0.2, 0) is 5.41 Å². The molecule has 0 spiro atoms. The lowest BCUT2D eigenvalue weighted by atomic mass is 9.82. The van der Waals surface area contributed by atoms with Crippen LogP contribution in [0.2, 0.25) is 0 Å². The summed E-state index contributed by atoms with van der Waals surface area (Å²) in [4.78, 5) is 4.44. The highest BCUT2D eigenvalue weighted by molar-refractivity contribution is 7.98. The van der Waals surface area contributed by atoms with Crippen LogP contribution in [0.3, 0.4) is 0 Å². The van der Waals surface area contributed by atoms with E-state index in [0.717, 1.165) is 22.7 Å². The van der Waals surface area contributed by atoms with Gasteiger partial charge in [0.2, 0.25) is 0 Å². The van der Waals surface area contributed by atoms with Crippen LogP contribution in [-0.4, -0.2) is 11.2 Å². The van der Waals surface area contributed by atoms with E-state index in [1.807, 2.05) is 12.3 Å². The average molecular weight is 235 g/mol. The molecule has 2 aromatic rings. The third-order valence-electron chi connectivity index (χ3n) is 3.21. The minimum absolute atomic E-state index is 0.201. The standard InChI is InChI=1S/C13H17NOS/c1-5-13(2,3)9-6-7-11-10(8-9)14-12(15-11)16-4/h6-8H,5H2,1-4H3. The molecule has 0 atom stereocenters. The van der Waals surface area contributed by atoms with E-state index in [2.05, 4.69) is 37.9 Å². The van der Waals surface area contributed by atoms with Gasteiger partial charge in [0.05, 0.1) is 0 Å². The molecule has 0 unspecified atom stereocenters.